The van der Waals surface area contributed by atoms with Crippen molar-refractivity contribution in [2.45, 2.75) is 78.7 Å². The summed E-state index contributed by atoms with van der Waals surface area (Å²) in [5, 5.41) is 8.53. The molecule has 0 radical (unpaired) electrons. The lowest BCUT2D eigenvalue weighted by Gasteiger charge is -2.20. The average Bonchev–Trinajstić information content (AvgIpc) is 3.43. The predicted molar refractivity (Wildman–Crippen MR) is 118 cm³/mol. The van der Waals surface area contributed by atoms with E-state index in [9.17, 15) is 4.79 Å². The van der Waals surface area contributed by atoms with Crippen LogP contribution in [0, 0.1) is 13.8 Å². The molecule has 1 aliphatic carbocycles. The molecule has 0 unspecified atom stereocenters. The molecule has 1 saturated carbocycles. The van der Waals surface area contributed by atoms with E-state index in [1.807, 2.05) is 38.4 Å². The summed E-state index contributed by atoms with van der Waals surface area (Å²) >= 11 is 0. The molecule has 0 saturated heterocycles. The molecule has 0 spiro atoms. The highest BCUT2D eigenvalue weighted by Gasteiger charge is 2.30. The second-order valence-electron chi connectivity index (χ2n) is 9.60. The Hall–Kier alpha value is -2.83. The number of nitrogens with one attached hydrogen (secondary N) is 1. The van der Waals surface area contributed by atoms with Gasteiger partial charge in [0, 0.05) is 29.3 Å². The quantitative estimate of drug-likeness (QED) is 0.670. The van der Waals surface area contributed by atoms with E-state index >= 15 is 0 Å². The molecule has 1 aliphatic rings. The zero-order chi connectivity index (χ0) is 21.8. The third-order valence-electron chi connectivity index (χ3n) is 5.34. The lowest BCUT2D eigenvalue weighted by Crippen LogP contribution is -2.24. The van der Waals surface area contributed by atoms with E-state index in [1.165, 1.54) is 0 Å². The molecule has 4 rings (SSSR count). The van der Waals surface area contributed by atoms with Crippen LogP contribution in [0.15, 0.2) is 12.1 Å². The van der Waals surface area contributed by atoms with Gasteiger partial charge in [0.25, 0.3) is 5.91 Å². The van der Waals surface area contributed by atoms with Gasteiger partial charge in [-0.1, -0.05) is 13.8 Å². The fourth-order valence-corrected chi connectivity index (χ4v) is 3.64. The summed E-state index contributed by atoms with van der Waals surface area (Å²) in [7, 11) is 0. The molecule has 7 nitrogen and oxygen atoms in total. The number of rotatable bonds is 4. The monoisotopic (exact) mass is 406 g/mol. The van der Waals surface area contributed by atoms with Crippen LogP contribution in [0.25, 0.3) is 11.0 Å². The Morgan fingerprint density at radius 2 is 1.83 bits per heavy atom. The molecule has 0 atom stereocenters. The summed E-state index contributed by atoms with van der Waals surface area (Å²) in [6.07, 6.45) is 2.23. The molecule has 1 fully saturated rings. The van der Waals surface area contributed by atoms with E-state index in [1.54, 1.807) is 6.07 Å². The van der Waals surface area contributed by atoms with E-state index in [-0.39, 0.29) is 17.4 Å². The number of hydrogen-bond donors (Lipinski definition) is 1. The first-order chi connectivity index (χ1) is 14.0. The highest BCUT2D eigenvalue weighted by molar-refractivity contribution is 6.12. The van der Waals surface area contributed by atoms with Gasteiger partial charge in [0.1, 0.15) is 11.6 Å². The zero-order valence-electron chi connectivity index (χ0n) is 18.9. The van der Waals surface area contributed by atoms with Crippen LogP contribution in [0.5, 0.6) is 0 Å². The smallest absolute Gasteiger partial charge is 0.257 e. The summed E-state index contributed by atoms with van der Waals surface area (Å²) in [6.45, 7) is 14.2. The van der Waals surface area contributed by atoms with E-state index in [4.69, 9.17) is 10.1 Å². The van der Waals surface area contributed by atoms with Crippen molar-refractivity contribution in [2.24, 2.45) is 0 Å². The molecule has 30 heavy (non-hydrogen) atoms. The van der Waals surface area contributed by atoms with Gasteiger partial charge >= 0.3 is 0 Å². The molecule has 7 heteroatoms. The summed E-state index contributed by atoms with van der Waals surface area (Å²) in [5.41, 5.74) is 3.76. The maximum absolute atomic E-state index is 13.4. The number of nitrogens with zero attached hydrogens (tertiary/aromatic N) is 5. The van der Waals surface area contributed by atoms with Crippen molar-refractivity contribution in [3.63, 3.8) is 0 Å². The third-order valence-corrected chi connectivity index (χ3v) is 5.34. The lowest BCUT2D eigenvalue weighted by atomic mass is 10.1. The number of hydrogen-bond acceptors (Lipinski definition) is 5. The Morgan fingerprint density at radius 3 is 2.43 bits per heavy atom. The van der Waals surface area contributed by atoms with Crippen LogP contribution in [0.1, 0.15) is 92.6 Å². The highest BCUT2D eigenvalue weighted by atomic mass is 16.1. The first-order valence-electron chi connectivity index (χ1n) is 10.6. The van der Waals surface area contributed by atoms with Crippen LogP contribution in [0.4, 0.5) is 5.82 Å². The molecular formula is C23H30N6O. The number of pyridine rings is 1. The van der Waals surface area contributed by atoms with Crippen molar-refractivity contribution in [1.82, 2.24) is 24.7 Å². The molecule has 1 N–H and O–H groups in total. The van der Waals surface area contributed by atoms with E-state index in [0.29, 0.717) is 17.3 Å². The van der Waals surface area contributed by atoms with E-state index < -0.39 is 0 Å². The minimum Gasteiger partial charge on any atom is -0.306 e. The largest absolute Gasteiger partial charge is 0.306 e. The van der Waals surface area contributed by atoms with E-state index in [2.05, 4.69) is 36.1 Å². The van der Waals surface area contributed by atoms with Crippen molar-refractivity contribution in [2.75, 3.05) is 5.32 Å². The molecule has 0 bridgehead atoms. The number of aryl methyl sites for hydroxylation is 2. The van der Waals surface area contributed by atoms with Gasteiger partial charge in [0.2, 0.25) is 0 Å². The van der Waals surface area contributed by atoms with E-state index in [0.717, 1.165) is 46.8 Å². The Kier molecular flexibility index (Phi) is 4.87. The van der Waals surface area contributed by atoms with Gasteiger partial charge in [-0.15, -0.1) is 0 Å². The molecule has 158 valence electrons. The van der Waals surface area contributed by atoms with Crippen molar-refractivity contribution in [3.05, 3.63) is 40.6 Å². The average molecular weight is 407 g/mol. The van der Waals surface area contributed by atoms with Crippen molar-refractivity contribution < 1.29 is 4.79 Å². The van der Waals surface area contributed by atoms with Crippen LogP contribution < -0.4 is 5.32 Å². The summed E-state index contributed by atoms with van der Waals surface area (Å²) < 4.78 is 1.94. The SMILES string of the molecule is Cc1cc(NC(=O)c2cc(C3CC3)nc3c2c(C)nn3C(C)(C)C)nc(C(C)C)n1. The number of fused-ring (bicyclic) bond motifs is 1. The van der Waals surface area contributed by atoms with Gasteiger partial charge in [-0.05, 0) is 53.5 Å². The maximum atomic E-state index is 13.4. The topological polar surface area (TPSA) is 85.6 Å². The number of amides is 1. The standard InChI is InChI=1S/C23H30N6O/c1-12(2)20-24-13(3)10-18(26-20)27-22(30)16-11-17(15-8-9-15)25-21-19(16)14(4)28-29(21)23(5,6)7/h10-12,15H,8-9H2,1-7H3,(H,24,26,27,30). The maximum Gasteiger partial charge on any atom is 0.257 e. The summed E-state index contributed by atoms with van der Waals surface area (Å²) in [5.74, 6) is 1.67. The van der Waals surface area contributed by atoms with Crippen molar-refractivity contribution in [3.8, 4) is 0 Å². The minimum absolute atomic E-state index is 0.182. The highest BCUT2D eigenvalue weighted by Crippen LogP contribution is 2.41. The third kappa shape index (κ3) is 3.80. The summed E-state index contributed by atoms with van der Waals surface area (Å²) in [6, 6.07) is 3.74. The number of anilines is 1. The fourth-order valence-electron chi connectivity index (χ4n) is 3.64. The van der Waals surface area contributed by atoms with Crippen LogP contribution >= 0.6 is 0 Å². The van der Waals surface area contributed by atoms with Crippen LogP contribution in [-0.2, 0) is 5.54 Å². The minimum atomic E-state index is -0.231. The van der Waals surface area contributed by atoms with Gasteiger partial charge in [-0.2, -0.15) is 5.10 Å². The number of carbonyl (C=O) groups is 1. The number of aromatic nitrogens is 5. The Morgan fingerprint density at radius 1 is 1.13 bits per heavy atom. The van der Waals surface area contributed by atoms with Crippen molar-refractivity contribution in [1.29, 1.82) is 0 Å². The van der Waals surface area contributed by atoms with Crippen LogP contribution in [-0.4, -0.2) is 30.6 Å². The van der Waals surface area contributed by atoms with Gasteiger partial charge in [-0.25, -0.2) is 19.6 Å². The van der Waals surface area contributed by atoms with Gasteiger partial charge in [0.05, 0.1) is 22.2 Å². The fraction of sp³-hybridized carbons (Fsp3) is 0.522. The molecule has 3 aromatic rings. The van der Waals surface area contributed by atoms with Gasteiger partial charge < -0.3 is 5.32 Å². The first-order valence-corrected chi connectivity index (χ1v) is 10.6. The Bertz CT molecular complexity index is 1130. The Balaban J connectivity index is 1.82. The second-order valence-corrected chi connectivity index (χ2v) is 9.60. The van der Waals surface area contributed by atoms with Gasteiger partial charge in [-0.3, -0.25) is 4.79 Å². The predicted octanol–water partition coefficient (Wildman–Crippen LogP) is 4.85. The molecule has 1 amide bonds. The van der Waals surface area contributed by atoms with Crippen LogP contribution in [0.3, 0.4) is 0 Å². The van der Waals surface area contributed by atoms with Crippen molar-refractivity contribution >= 4 is 22.8 Å². The molecular weight excluding hydrogens is 376 g/mol. The lowest BCUT2D eigenvalue weighted by molar-refractivity contribution is 0.102. The normalized spacial score (nSPS) is 14.5. The Labute approximate surface area is 177 Å². The second kappa shape index (κ2) is 7.15. The zero-order valence-corrected chi connectivity index (χ0v) is 18.9. The molecule has 0 aromatic carbocycles. The molecule has 3 heterocycles. The molecule has 3 aromatic heterocycles. The van der Waals surface area contributed by atoms with Gasteiger partial charge in [0.15, 0.2) is 5.65 Å². The molecule has 0 aliphatic heterocycles. The first kappa shape index (κ1) is 20.4. The number of carbonyl (C=O) groups excluding carboxylic acids is 1. The summed E-state index contributed by atoms with van der Waals surface area (Å²) in [4.78, 5) is 27.3. The van der Waals surface area contributed by atoms with Crippen LogP contribution in [0.2, 0.25) is 0 Å².